The Morgan fingerprint density at radius 2 is 1.80 bits per heavy atom. The van der Waals surface area contributed by atoms with Gasteiger partial charge in [0.2, 0.25) is 0 Å². The summed E-state index contributed by atoms with van der Waals surface area (Å²) in [6.45, 7) is 1.95. The fraction of sp³-hybridized carbons (Fsp3) is 0.533. The lowest BCUT2D eigenvalue weighted by atomic mass is 9.88. The maximum atomic E-state index is 13.9. The second-order valence-corrected chi connectivity index (χ2v) is 11.1. The van der Waals surface area contributed by atoms with Gasteiger partial charge in [0, 0.05) is 32.3 Å². The summed E-state index contributed by atoms with van der Waals surface area (Å²) in [6, 6.07) is 11.6. The Morgan fingerprint density at radius 1 is 1.10 bits per heavy atom. The van der Waals surface area contributed by atoms with Gasteiger partial charge in [0.25, 0.3) is 17.4 Å². The molecule has 224 valence electrons. The largest absolute Gasteiger partial charge is 0.494 e. The first-order valence-electron chi connectivity index (χ1n) is 13.9. The van der Waals surface area contributed by atoms with E-state index in [0.29, 0.717) is 49.0 Å². The number of likely N-dealkylation sites (tertiary alicyclic amines) is 1. The molecule has 0 aromatic heterocycles. The molecule has 2 saturated heterocycles. The number of hydrogen-bond donors (Lipinski definition) is 1. The molecule has 0 bridgehead atoms. The molecule has 0 spiro atoms. The first-order valence-corrected chi connectivity index (χ1v) is 14.3. The zero-order chi connectivity index (χ0) is 29.6. The predicted octanol–water partition coefficient (Wildman–Crippen LogP) is 5.44. The van der Waals surface area contributed by atoms with Crippen LogP contribution in [-0.4, -0.2) is 78.9 Å². The van der Waals surface area contributed by atoms with Crippen molar-refractivity contribution in [3.05, 3.63) is 64.7 Å². The maximum Gasteiger partial charge on any atom is 0.430 e. The maximum absolute atomic E-state index is 13.9. The number of halogens is 4. The van der Waals surface area contributed by atoms with Gasteiger partial charge in [0.1, 0.15) is 5.75 Å². The van der Waals surface area contributed by atoms with Crippen molar-refractivity contribution < 1.29 is 37.3 Å². The van der Waals surface area contributed by atoms with Crippen molar-refractivity contribution in [1.82, 2.24) is 9.80 Å². The number of unbranched alkanes of at least 4 members (excludes halogenated alkanes) is 1. The van der Waals surface area contributed by atoms with E-state index in [1.165, 1.54) is 18.2 Å². The molecule has 2 aliphatic rings. The normalized spacial score (nSPS) is 19.6. The molecule has 7 nitrogen and oxygen atoms in total. The molecule has 2 aromatic rings. The molecule has 2 aliphatic heterocycles. The van der Waals surface area contributed by atoms with Gasteiger partial charge in [-0.3, -0.25) is 9.59 Å². The third-order valence-corrected chi connectivity index (χ3v) is 8.35. The number of piperidine rings is 1. The van der Waals surface area contributed by atoms with Crippen molar-refractivity contribution in [2.45, 2.75) is 56.3 Å². The minimum absolute atomic E-state index is 0.0413. The summed E-state index contributed by atoms with van der Waals surface area (Å²) in [5.74, 6) is -0.640. The van der Waals surface area contributed by atoms with Gasteiger partial charge < -0.3 is 24.4 Å². The van der Waals surface area contributed by atoms with Gasteiger partial charge in [0.05, 0.1) is 29.8 Å². The van der Waals surface area contributed by atoms with Crippen LogP contribution in [0.5, 0.6) is 5.75 Å². The van der Waals surface area contributed by atoms with Gasteiger partial charge in [-0.05, 0) is 56.2 Å². The highest BCUT2D eigenvalue weighted by molar-refractivity contribution is 6.34. The Kier molecular flexibility index (Phi) is 10.2. The average Bonchev–Trinajstić information content (AvgIpc) is 3.51. The summed E-state index contributed by atoms with van der Waals surface area (Å²) in [6.07, 6.45) is -0.711. The number of nitrogens with zero attached hydrogens (tertiary/aromatic N) is 2. The van der Waals surface area contributed by atoms with E-state index < -0.39 is 23.2 Å². The molecule has 2 aromatic carbocycles. The van der Waals surface area contributed by atoms with Gasteiger partial charge in [-0.2, -0.15) is 13.2 Å². The fourth-order valence-electron chi connectivity index (χ4n) is 5.41. The quantitative estimate of drug-likeness (QED) is 0.370. The van der Waals surface area contributed by atoms with Gasteiger partial charge >= 0.3 is 6.18 Å². The molecular weight excluding hydrogens is 561 g/mol. The topological polar surface area (TPSA) is 79.3 Å². The fourth-order valence-corrected chi connectivity index (χ4v) is 5.66. The van der Waals surface area contributed by atoms with Crippen LogP contribution in [0.2, 0.25) is 5.02 Å². The summed E-state index contributed by atoms with van der Waals surface area (Å²) in [4.78, 5) is 28.5. The summed E-state index contributed by atoms with van der Waals surface area (Å²) in [5, 5.41) is 10.9. The Morgan fingerprint density at radius 3 is 2.41 bits per heavy atom. The third-order valence-electron chi connectivity index (χ3n) is 8.03. The van der Waals surface area contributed by atoms with Crippen molar-refractivity contribution in [3.8, 4) is 5.75 Å². The standard InChI is InChI=1S/C30H36ClF3N2O5/c1-35(23-14-18-40-20-23)27(37)25-11-10-24(19-26(25)31)41-17-6-5-7-21-12-15-36(16-13-21)28(38)29(39,30(32,33)34)22-8-3-2-4-9-22/h2-4,8-11,19,21,23,39H,5-7,12-18,20H2,1H3/t23-,29?/m0/s1. The second kappa shape index (κ2) is 13.4. The van der Waals surface area contributed by atoms with E-state index >= 15 is 0 Å². The highest BCUT2D eigenvalue weighted by atomic mass is 35.5. The van der Waals surface area contributed by atoms with Crippen molar-refractivity contribution in [2.24, 2.45) is 5.92 Å². The number of rotatable bonds is 10. The summed E-state index contributed by atoms with van der Waals surface area (Å²) >= 11 is 6.37. The van der Waals surface area contributed by atoms with E-state index in [9.17, 15) is 27.9 Å². The Balaban J connectivity index is 1.19. The van der Waals surface area contributed by atoms with E-state index in [-0.39, 0.29) is 31.0 Å². The van der Waals surface area contributed by atoms with Crippen LogP contribution in [0, 0.1) is 5.92 Å². The lowest BCUT2D eigenvalue weighted by molar-refractivity contribution is -0.262. The molecule has 4 rings (SSSR count). The zero-order valence-electron chi connectivity index (χ0n) is 23.0. The van der Waals surface area contributed by atoms with E-state index in [4.69, 9.17) is 21.1 Å². The predicted molar refractivity (Wildman–Crippen MR) is 148 cm³/mol. The van der Waals surface area contributed by atoms with E-state index in [1.807, 2.05) is 0 Å². The Labute approximate surface area is 243 Å². The highest BCUT2D eigenvalue weighted by Crippen LogP contribution is 2.41. The van der Waals surface area contributed by atoms with Crippen molar-refractivity contribution in [1.29, 1.82) is 0 Å². The monoisotopic (exact) mass is 596 g/mol. The number of ether oxygens (including phenoxy) is 2. The first kappa shape index (κ1) is 31.1. The summed E-state index contributed by atoms with van der Waals surface area (Å²) in [7, 11) is 1.75. The number of benzene rings is 2. The molecule has 11 heteroatoms. The molecule has 2 amide bonds. The van der Waals surface area contributed by atoms with Gasteiger partial charge in [0.15, 0.2) is 0 Å². The number of likely N-dealkylation sites (N-methyl/N-ethyl adjacent to an activating group) is 1. The van der Waals surface area contributed by atoms with Crippen LogP contribution in [-0.2, 0) is 15.1 Å². The molecular formula is C30H36ClF3N2O5. The third kappa shape index (κ3) is 7.16. The number of carbonyl (C=O) groups excluding carboxylic acids is 2. The lowest BCUT2D eigenvalue weighted by Gasteiger charge is -2.38. The lowest BCUT2D eigenvalue weighted by Crippen LogP contribution is -2.57. The van der Waals surface area contributed by atoms with Crippen molar-refractivity contribution in [3.63, 3.8) is 0 Å². The van der Waals surface area contributed by atoms with Crippen LogP contribution < -0.4 is 4.74 Å². The Hall–Kier alpha value is -2.82. The molecule has 0 saturated carbocycles. The van der Waals surface area contributed by atoms with Crippen molar-refractivity contribution in [2.75, 3.05) is 40.0 Å². The molecule has 41 heavy (non-hydrogen) atoms. The smallest absolute Gasteiger partial charge is 0.430 e. The first-order chi connectivity index (χ1) is 19.5. The molecule has 1 N–H and O–H groups in total. The van der Waals surface area contributed by atoms with Gasteiger partial charge in [-0.15, -0.1) is 0 Å². The average molecular weight is 597 g/mol. The SMILES string of the molecule is CN(C(=O)c1ccc(OCCCCC2CCN(C(=O)C(O)(c3ccccc3)C(F)(F)F)CC2)cc1Cl)[C@H]1CCOC1. The van der Waals surface area contributed by atoms with Crippen LogP contribution in [0.25, 0.3) is 0 Å². The van der Waals surface area contributed by atoms with Crippen LogP contribution in [0.1, 0.15) is 54.4 Å². The minimum Gasteiger partial charge on any atom is -0.494 e. The number of hydrogen-bond acceptors (Lipinski definition) is 5. The van der Waals surface area contributed by atoms with E-state index in [0.717, 1.165) is 42.7 Å². The summed E-state index contributed by atoms with van der Waals surface area (Å²) < 4.78 is 52.8. The molecule has 2 fully saturated rings. The number of carbonyl (C=O) groups is 2. The molecule has 0 radical (unpaired) electrons. The van der Waals surface area contributed by atoms with Gasteiger partial charge in [-0.1, -0.05) is 48.4 Å². The number of alkyl halides is 3. The second-order valence-electron chi connectivity index (χ2n) is 10.7. The number of amides is 2. The van der Waals surface area contributed by atoms with Crippen LogP contribution in [0.3, 0.4) is 0 Å². The van der Waals surface area contributed by atoms with E-state index in [2.05, 4.69) is 0 Å². The van der Waals surface area contributed by atoms with Crippen LogP contribution in [0.4, 0.5) is 13.2 Å². The highest BCUT2D eigenvalue weighted by Gasteiger charge is 2.62. The molecule has 2 atom stereocenters. The molecule has 0 aliphatic carbocycles. The van der Waals surface area contributed by atoms with Gasteiger partial charge in [-0.25, -0.2) is 0 Å². The zero-order valence-corrected chi connectivity index (χ0v) is 23.8. The molecule has 1 unspecified atom stereocenters. The molecule has 2 heterocycles. The van der Waals surface area contributed by atoms with E-state index in [1.54, 1.807) is 30.1 Å². The van der Waals surface area contributed by atoms with Crippen LogP contribution >= 0.6 is 11.6 Å². The summed E-state index contributed by atoms with van der Waals surface area (Å²) in [5.41, 5.74) is -3.63. The van der Waals surface area contributed by atoms with Crippen molar-refractivity contribution >= 4 is 23.4 Å². The Bertz CT molecular complexity index is 1180. The minimum atomic E-state index is -5.14. The van der Waals surface area contributed by atoms with Crippen LogP contribution in [0.15, 0.2) is 48.5 Å². The number of aliphatic hydroxyl groups is 1.